The third kappa shape index (κ3) is 11.0. The van der Waals surface area contributed by atoms with E-state index in [0.717, 1.165) is 38.5 Å². The Morgan fingerprint density at radius 2 is 1.56 bits per heavy atom. The maximum Gasteiger partial charge on any atom is 0.321 e. The van der Waals surface area contributed by atoms with E-state index in [1.54, 1.807) is 0 Å². The van der Waals surface area contributed by atoms with Crippen LogP contribution in [0, 0.1) is 0 Å². The molecule has 16 heavy (non-hydrogen) atoms. The number of hydrogen-bond donors (Lipinski definition) is 1. The van der Waals surface area contributed by atoms with Gasteiger partial charge in [0, 0.05) is 13.2 Å². The molecular weight excluding hydrogens is 236 g/mol. The van der Waals surface area contributed by atoms with Crippen LogP contribution in [0.25, 0.3) is 0 Å². The van der Waals surface area contributed by atoms with Gasteiger partial charge in [0.1, 0.15) is 0 Å². The molecule has 0 radical (unpaired) electrons. The third-order valence-electron chi connectivity index (χ3n) is 2.42. The van der Waals surface area contributed by atoms with Crippen molar-refractivity contribution >= 4 is 21.9 Å². The summed E-state index contributed by atoms with van der Waals surface area (Å²) >= 11 is 4.40. The summed E-state index contributed by atoms with van der Waals surface area (Å²) in [5.74, 6) is 0. The van der Waals surface area contributed by atoms with Gasteiger partial charge in [-0.3, -0.25) is 0 Å². The first-order valence-corrected chi connectivity index (χ1v) is 8.89. The monoisotopic (exact) mass is 264 g/mol. The Balaban J connectivity index is 3.67. The van der Waals surface area contributed by atoms with Crippen LogP contribution < -0.4 is 0 Å². The highest BCUT2D eigenvalue weighted by molar-refractivity contribution is 7.80. The molecule has 0 rings (SSSR count). The summed E-state index contributed by atoms with van der Waals surface area (Å²) in [5, 5.41) is 0.458. The molecule has 0 aromatic carbocycles. The van der Waals surface area contributed by atoms with E-state index in [4.69, 9.17) is 8.85 Å². The van der Waals surface area contributed by atoms with Gasteiger partial charge >= 0.3 is 9.28 Å². The predicted molar refractivity (Wildman–Crippen MR) is 76.7 cm³/mol. The van der Waals surface area contributed by atoms with E-state index >= 15 is 0 Å². The molecule has 0 heterocycles. The molecule has 0 fully saturated rings. The lowest BCUT2D eigenvalue weighted by Gasteiger charge is -2.17. The van der Waals surface area contributed by atoms with E-state index in [1.807, 2.05) is 0 Å². The quantitative estimate of drug-likeness (QED) is 0.349. The Morgan fingerprint density at radius 3 is 1.94 bits per heavy atom. The zero-order valence-corrected chi connectivity index (χ0v) is 13.1. The van der Waals surface area contributed by atoms with Crippen LogP contribution in [0.4, 0.5) is 0 Å². The topological polar surface area (TPSA) is 18.5 Å². The van der Waals surface area contributed by atoms with Crippen molar-refractivity contribution in [1.82, 2.24) is 0 Å². The number of thiol groups is 1. The first kappa shape index (κ1) is 16.5. The first-order valence-electron chi connectivity index (χ1n) is 6.62. The molecule has 0 aliphatic rings. The van der Waals surface area contributed by atoms with Crippen molar-refractivity contribution in [3.8, 4) is 0 Å². The maximum atomic E-state index is 5.86. The molecule has 2 nitrogen and oxygen atoms in total. The van der Waals surface area contributed by atoms with Crippen molar-refractivity contribution in [1.29, 1.82) is 0 Å². The molecular formula is C12H28O2SSi. The number of rotatable bonds is 11. The van der Waals surface area contributed by atoms with Crippen LogP contribution in [0.3, 0.4) is 0 Å². The number of unbranched alkanes of at least 4 members (excludes halogenated alkanes) is 2. The summed E-state index contributed by atoms with van der Waals surface area (Å²) in [6.07, 6.45) is 5.80. The minimum absolute atomic E-state index is 0.458. The molecule has 0 bridgehead atoms. The summed E-state index contributed by atoms with van der Waals surface area (Å²) in [6, 6.07) is 1.10. The summed E-state index contributed by atoms with van der Waals surface area (Å²) in [5.41, 5.74) is 0. The Kier molecular flexibility index (Phi) is 12.3. The maximum absolute atomic E-state index is 5.86. The van der Waals surface area contributed by atoms with E-state index in [2.05, 4.69) is 33.4 Å². The molecule has 0 saturated heterocycles. The van der Waals surface area contributed by atoms with Gasteiger partial charge in [0.2, 0.25) is 0 Å². The fourth-order valence-corrected chi connectivity index (χ4v) is 3.80. The second-order valence-electron chi connectivity index (χ2n) is 4.30. The molecule has 0 aromatic heterocycles. The Bertz CT molecular complexity index is 135. The molecule has 0 amide bonds. The van der Waals surface area contributed by atoms with Crippen molar-refractivity contribution in [2.45, 2.75) is 64.2 Å². The summed E-state index contributed by atoms with van der Waals surface area (Å²) in [7, 11) is -1.40. The van der Waals surface area contributed by atoms with Crippen LogP contribution in [0.2, 0.25) is 6.04 Å². The molecule has 1 atom stereocenters. The SMILES string of the molecule is CCCCO[SiH](CCC(C)S)OCCCC. The summed E-state index contributed by atoms with van der Waals surface area (Å²) < 4.78 is 11.7. The van der Waals surface area contributed by atoms with Gasteiger partial charge < -0.3 is 8.85 Å². The highest BCUT2D eigenvalue weighted by Crippen LogP contribution is 2.10. The van der Waals surface area contributed by atoms with Crippen LogP contribution in [0.15, 0.2) is 0 Å². The lowest BCUT2D eigenvalue weighted by Crippen LogP contribution is -2.24. The van der Waals surface area contributed by atoms with Gasteiger partial charge in [-0.15, -0.1) is 0 Å². The average Bonchev–Trinajstić information content (AvgIpc) is 2.25. The molecule has 98 valence electrons. The van der Waals surface area contributed by atoms with Crippen molar-refractivity contribution in [2.24, 2.45) is 0 Å². The largest absolute Gasteiger partial charge is 0.397 e. The van der Waals surface area contributed by atoms with Gasteiger partial charge in [0.25, 0.3) is 0 Å². The van der Waals surface area contributed by atoms with Gasteiger partial charge in [-0.25, -0.2) is 0 Å². The van der Waals surface area contributed by atoms with E-state index < -0.39 is 9.28 Å². The van der Waals surface area contributed by atoms with Gasteiger partial charge in [0.05, 0.1) is 0 Å². The molecule has 0 saturated carbocycles. The van der Waals surface area contributed by atoms with E-state index in [-0.39, 0.29) is 0 Å². The van der Waals surface area contributed by atoms with Crippen molar-refractivity contribution in [3.63, 3.8) is 0 Å². The summed E-state index contributed by atoms with van der Waals surface area (Å²) in [4.78, 5) is 0. The second-order valence-corrected chi connectivity index (χ2v) is 7.29. The van der Waals surface area contributed by atoms with Crippen molar-refractivity contribution in [2.75, 3.05) is 13.2 Å². The van der Waals surface area contributed by atoms with Crippen LogP contribution in [0.5, 0.6) is 0 Å². The molecule has 0 spiro atoms. The normalized spacial score (nSPS) is 13.3. The predicted octanol–water partition coefficient (Wildman–Crippen LogP) is 3.55. The zero-order valence-electron chi connectivity index (χ0n) is 11.1. The third-order valence-corrected chi connectivity index (χ3v) is 4.70. The molecule has 4 heteroatoms. The average molecular weight is 265 g/mol. The molecule has 0 aliphatic heterocycles. The molecule has 0 aromatic rings. The standard InChI is InChI=1S/C12H28O2SSi/c1-4-6-9-13-16(11-8-12(3)15)14-10-7-5-2/h12,15-16H,4-11H2,1-3H3. The van der Waals surface area contributed by atoms with Crippen LogP contribution in [-0.4, -0.2) is 27.7 Å². The lowest BCUT2D eigenvalue weighted by molar-refractivity contribution is 0.191. The van der Waals surface area contributed by atoms with Crippen molar-refractivity contribution in [3.05, 3.63) is 0 Å². The van der Waals surface area contributed by atoms with Crippen LogP contribution in [-0.2, 0) is 8.85 Å². The Hall–Kier alpha value is 0.487. The number of hydrogen-bond acceptors (Lipinski definition) is 3. The van der Waals surface area contributed by atoms with Crippen LogP contribution in [0.1, 0.15) is 52.9 Å². The van der Waals surface area contributed by atoms with Gasteiger partial charge in [-0.05, 0) is 30.6 Å². The second kappa shape index (κ2) is 12.0. The van der Waals surface area contributed by atoms with Crippen LogP contribution >= 0.6 is 12.6 Å². The minimum atomic E-state index is -1.40. The highest BCUT2D eigenvalue weighted by atomic mass is 32.1. The van der Waals surface area contributed by atoms with Gasteiger partial charge in [-0.2, -0.15) is 12.6 Å². The molecule has 0 aliphatic carbocycles. The summed E-state index contributed by atoms with van der Waals surface area (Å²) in [6.45, 7) is 8.26. The van der Waals surface area contributed by atoms with E-state index in [9.17, 15) is 0 Å². The minimum Gasteiger partial charge on any atom is -0.397 e. The van der Waals surface area contributed by atoms with Gasteiger partial charge in [0.15, 0.2) is 0 Å². The zero-order chi connectivity index (χ0) is 12.2. The highest BCUT2D eigenvalue weighted by Gasteiger charge is 2.13. The first-order chi connectivity index (χ1) is 7.70. The van der Waals surface area contributed by atoms with Crippen molar-refractivity contribution < 1.29 is 8.85 Å². The van der Waals surface area contributed by atoms with Gasteiger partial charge in [-0.1, -0.05) is 33.6 Å². The Labute approximate surface area is 108 Å². The Morgan fingerprint density at radius 1 is 1.06 bits per heavy atom. The molecule has 0 N–H and O–H groups in total. The molecule has 1 unspecified atom stereocenters. The van der Waals surface area contributed by atoms with E-state index in [0.29, 0.717) is 5.25 Å². The van der Waals surface area contributed by atoms with E-state index in [1.165, 1.54) is 12.8 Å². The smallest absolute Gasteiger partial charge is 0.321 e. The fourth-order valence-electron chi connectivity index (χ4n) is 1.31. The lowest BCUT2D eigenvalue weighted by atomic mass is 10.4. The fraction of sp³-hybridized carbons (Fsp3) is 1.00.